The first-order valence-corrected chi connectivity index (χ1v) is 12.2. The minimum absolute atomic E-state index is 0.0270. The van der Waals surface area contributed by atoms with E-state index in [9.17, 15) is 37.1 Å². The molecule has 0 saturated heterocycles. The van der Waals surface area contributed by atoms with Gasteiger partial charge in [-0.05, 0) is 34.1 Å². The molecule has 1 amide bonds. The summed E-state index contributed by atoms with van der Waals surface area (Å²) in [6, 6.07) is 5.16. The quantitative estimate of drug-likeness (QED) is 0.315. The van der Waals surface area contributed by atoms with Gasteiger partial charge in [-0.25, -0.2) is 23.5 Å². The van der Waals surface area contributed by atoms with E-state index >= 15 is 0 Å². The predicted octanol–water partition coefficient (Wildman–Crippen LogP) is 4.70. The van der Waals surface area contributed by atoms with Crippen LogP contribution >= 0.6 is 27.3 Å². The van der Waals surface area contributed by atoms with Gasteiger partial charge in [0.05, 0.1) is 46.8 Å². The molecule has 0 fully saturated rings. The molecule has 3 aromatic heterocycles. The van der Waals surface area contributed by atoms with E-state index in [2.05, 4.69) is 20.9 Å². The van der Waals surface area contributed by atoms with Crippen molar-refractivity contribution < 1.29 is 32.2 Å². The molecule has 0 aliphatic heterocycles. The zero-order valence-corrected chi connectivity index (χ0v) is 21.9. The lowest BCUT2D eigenvalue weighted by atomic mass is 10.1. The highest BCUT2D eigenvalue weighted by molar-refractivity contribution is 9.11. The van der Waals surface area contributed by atoms with Gasteiger partial charge in [0.2, 0.25) is 5.88 Å². The van der Waals surface area contributed by atoms with Crippen LogP contribution in [0.25, 0.3) is 15.9 Å². The lowest BCUT2D eigenvalue weighted by Gasteiger charge is -2.17. The van der Waals surface area contributed by atoms with Crippen LogP contribution in [0.3, 0.4) is 0 Å². The van der Waals surface area contributed by atoms with Crippen LogP contribution < -0.4 is 16.0 Å². The molecule has 4 rings (SSSR count). The summed E-state index contributed by atoms with van der Waals surface area (Å²) >= 11 is 4.12. The second-order valence-corrected chi connectivity index (χ2v) is 10.3. The molecule has 200 valence electrons. The molecule has 0 atom stereocenters. The fourth-order valence-electron chi connectivity index (χ4n) is 3.82. The fourth-order valence-corrected chi connectivity index (χ4v) is 5.63. The van der Waals surface area contributed by atoms with Crippen molar-refractivity contribution in [2.24, 2.45) is 0 Å². The third-order valence-electron chi connectivity index (χ3n) is 5.67. The van der Waals surface area contributed by atoms with E-state index in [1.807, 2.05) is 0 Å². The van der Waals surface area contributed by atoms with Crippen LogP contribution in [0.1, 0.15) is 16.7 Å². The molecule has 0 spiro atoms. The van der Waals surface area contributed by atoms with Gasteiger partial charge in [0.25, 0.3) is 5.56 Å². The van der Waals surface area contributed by atoms with Crippen LogP contribution in [0, 0.1) is 5.82 Å². The molecule has 0 bridgehead atoms. The minimum atomic E-state index is -4.92. The van der Waals surface area contributed by atoms with Crippen molar-refractivity contribution in [3.63, 3.8) is 0 Å². The Hall–Kier alpha value is -3.72. The van der Waals surface area contributed by atoms with Crippen molar-refractivity contribution in [2.75, 3.05) is 14.2 Å². The Bertz CT molecular complexity index is 1660. The minimum Gasteiger partial charge on any atom is -0.481 e. The number of benzene rings is 1. The molecule has 9 nitrogen and oxygen atoms in total. The third kappa shape index (κ3) is 4.90. The van der Waals surface area contributed by atoms with E-state index in [0.29, 0.717) is 10.6 Å². The van der Waals surface area contributed by atoms with E-state index < -0.39 is 47.0 Å². The van der Waals surface area contributed by atoms with Crippen LogP contribution in [-0.2, 0) is 19.3 Å². The molecule has 1 aromatic carbocycles. The summed E-state index contributed by atoms with van der Waals surface area (Å²) in [5.41, 5.74) is -3.81. The van der Waals surface area contributed by atoms with E-state index in [1.165, 1.54) is 26.3 Å². The van der Waals surface area contributed by atoms with Crippen LogP contribution in [-0.4, -0.2) is 44.4 Å². The number of methoxy groups -OCH3 is 1. The van der Waals surface area contributed by atoms with Gasteiger partial charge in [-0.1, -0.05) is 6.07 Å². The lowest BCUT2D eigenvalue weighted by molar-refractivity contribution is -0.138. The number of alkyl halides is 3. The maximum absolute atomic E-state index is 14.7. The van der Waals surface area contributed by atoms with Crippen molar-refractivity contribution in [2.45, 2.75) is 19.3 Å². The van der Waals surface area contributed by atoms with Gasteiger partial charge in [-0.2, -0.15) is 13.2 Å². The maximum Gasteiger partial charge on any atom is 0.416 e. The molecule has 0 saturated carbocycles. The SMILES string of the molecule is COc1ccc(-n2c(=O)c3c(CN(C)C(=O)O)c(Br)sc3n(Cc3c(F)cccc3C(F)(F)F)c2=O)cn1. The van der Waals surface area contributed by atoms with Gasteiger partial charge in [0.15, 0.2) is 0 Å². The summed E-state index contributed by atoms with van der Waals surface area (Å²) in [5, 5.41) is 9.22. The van der Waals surface area contributed by atoms with Crippen molar-refractivity contribution in [1.29, 1.82) is 0 Å². The Morgan fingerprint density at radius 1 is 1.21 bits per heavy atom. The summed E-state index contributed by atoms with van der Waals surface area (Å²) in [4.78, 5) is 43.5. The van der Waals surface area contributed by atoms with Gasteiger partial charge in [-0.3, -0.25) is 9.36 Å². The molecule has 0 unspecified atom stereocenters. The highest BCUT2D eigenvalue weighted by Crippen LogP contribution is 2.36. The zero-order chi connectivity index (χ0) is 27.9. The van der Waals surface area contributed by atoms with Crippen LogP contribution in [0.2, 0.25) is 0 Å². The number of hydrogen-bond acceptors (Lipinski definition) is 6. The Morgan fingerprint density at radius 3 is 2.50 bits per heavy atom. The number of carboxylic acid groups (broad SMARTS) is 1. The first-order chi connectivity index (χ1) is 17.8. The van der Waals surface area contributed by atoms with E-state index in [1.54, 1.807) is 0 Å². The molecular formula is C23H17BrF4N4O5S. The third-order valence-corrected chi connectivity index (χ3v) is 7.68. The molecule has 3 heterocycles. The number of fused-ring (bicyclic) bond motifs is 1. The molecule has 0 aliphatic carbocycles. The Labute approximate surface area is 223 Å². The second-order valence-electron chi connectivity index (χ2n) is 8.00. The average Bonchev–Trinajstić information content (AvgIpc) is 3.18. The van der Waals surface area contributed by atoms with Gasteiger partial charge >= 0.3 is 18.0 Å². The lowest BCUT2D eigenvalue weighted by Crippen LogP contribution is -2.39. The fraction of sp³-hybridized carbons (Fsp3) is 0.217. The Balaban J connectivity index is 2.08. The predicted molar refractivity (Wildman–Crippen MR) is 134 cm³/mol. The zero-order valence-electron chi connectivity index (χ0n) is 19.5. The number of carbonyl (C=O) groups is 1. The topological polar surface area (TPSA) is 107 Å². The molecule has 0 aliphatic rings. The molecule has 15 heteroatoms. The van der Waals surface area contributed by atoms with Crippen molar-refractivity contribution in [3.8, 4) is 11.6 Å². The van der Waals surface area contributed by atoms with E-state index in [-0.39, 0.29) is 37.7 Å². The van der Waals surface area contributed by atoms with Crippen LogP contribution in [0.5, 0.6) is 5.88 Å². The number of ether oxygens (including phenoxy) is 1. The molecular weight excluding hydrogens is 600 g/mol. The number of nitrogens with zero attached hydrogens (tertiary/aromatic N) is 4. The summed E-state index contributed by atoms with van der Waals surface area (Å²) in [7, 11) is 2.61. The highest BCUT2D eigenvalue weighted by Gasteiger charge is 2.35. The van der Waals surface area contributed by atoms with Gasteiger partial charge in [0, 0.05) is 24.2 Å². The summed E-state index contributed by atoms with van der Waals surface area (Å²) in [5.74, 6) is -1.02. The highest BCUT2D eigenvalue weighted by atomic mass is 79.9. The first-order valence-electron chi connectivity index (χ1n) is 10.6. The van der Waals surface area contributed by atoms with Crippen molar-refractivity contribution in [1.82, 2.24) is 19.0 Å². The molecule has 0 radical (unpaired) electrons. The number of amides is 1. The smallest absolute Gasteiger partial charge is 0.416 e. The molecule has 38 heavy (non-hydrogen) atoms. The standard InChI is InChI=1S/C23H17BrF4N4O5S/c1-30(22(35)36)9-13-17-19(33)32(11-6-7-16(37-2)29-8-11)21(34)31(20(17)38-18(13)24)10-12-14(23(26,27)28)4-3-5-15(12)25/h3-8H,9-10H2,1-2H3,(H,35,36). The number of aromatic nitrogens is 3. The van der Waals surface area contributed by atoms with Crippen molar-refractivity contribution in [3.05, 3.63) is 83.7 Å². The van der Waals surface area contributed by atoms with E-state index in [4.69, 9.17) is 4.74 Å². The largest absolute Gasteiger partial charge is 0.481 e. The Kier molecular flexibility index (Phi) is 7.34. The van der Waals surface area contributed by atoms with E-state index in [0.717, 1.165) is 39.1 Å². The summed E-state index contributed by atoms with van der Waals surface area (Å²) in [6.07, 6.45) is -5.06. The maximum atomic E-state index is 14.7. The van der Waals surface area contributed by atoms with Crippen LogP contribution in [0.4, 0.5) is 22.4 Å². The summed E-state index contributed by atoms with van der Waals surface area (Å²) < 4.78 is 62.7. The first kappa shape index (κ1) is 27.3. The molecule has 4 aromatic rings. The Morgan fingerprint density at radius 2 is 1.92 bits per heavy atom. The van der Waals surface area contributed by atoms with Gasteiger partial charge in [0.1, 0.15) is 10.6 Å². The number of halogens is 5. The average molecular weight is 617 g/mol. The number of rotatable bonds is 6. The van der Waals surface area contributed by atoms with Crippen LogP contribution in [0.15, 0.2) is 49.9 Å². The number of thiophene rings is 1. The number of pyridine rings is 1. The molecule has 1 N–H and O–H groups in total. The second kappa shape index (κ2) is 10.2. The van der Waals surface area contributed by atoms with Crippen molar-refractivity contribution >= 4 is 43.6 Å². The monoisotopic (exact) mass is 616 g/mol. The van der Waals surface area contributed by atoms with Gasteiger partial charge in [-0.15, -0.1) is 11.3 Å². The number of hydrogen-bond donors (Lipinski definition) is 1. The summed E-state index contributed by atoms with van der Waals surface area (Å²) in [6.45, 7) is -1.14. The van der Waals surface area contributed by atoms with Gasteiger partial charge < -0.3 is 14.7 Å². The normalized spacial score (nSPS) is 11.7.